The lowest BCUT2D eigenvalue weighted by atomic mass is 9.99. The number of hydrogen-bond donors (Lipinski definition) is 0. The van der Waals surface area contributed by atoms with Crippen LogP contribution in [0.1, 0.15) is 36.0 Å². The van der Waals surface area contributed by atoms with Crippen LogP contribution in [0.2, 0.25) is 5.02 Å². The molecule has 1 unspecified atom stereocenters. The lowest BCUT2D eigenvalue weighted by molar-refractivity contribution is 0.0128. The summed E-state index contributed by atoms with van der Waals surface area (Å²) in [4.78, 5) is 12.2. The molecular weight excluding hydrogens is 252 g/mol. The van der Waals surface area contributed by atoms with Crippen molar-refractivity contribution in [3.05, 3.63) is 28.8 Å². The van der Waals surface area contributed by atoms with E-state index in [4.69, 9.17) is 21.1 Å². The number of ketones is 1. The van der Waals surface area contributed by atoms with E-state index in [1.54, 1.807) is 25.3 Å². The predicted molar refractivity (Wildman–Crippen MR) is 70.5 cm³/mol. The van der Waals surface area contributed by atoms with E-state index in [2.05, 4.69) is 0 Å². The highest BCUT2D eigenvalue weighted by Crippen LogP contribution is 2.26. The first kappa shape index (κ1) is 13.4. The predicted octanol–water partition coefficient (Wildman–Crippen LogP) is 3.49. The maximum atomic E-state index is 12.2. The number of carbonyl (C=O) groups excluding carboxylic acids is 1. The summed E-state index contributed by atoms with van der Waals surface area (Å²) in [6.45, 7) is 0.755. The summed E-state index contributed by atoms with van der Waals surface area (Å²) in [6, 6.07) is 5.09. The molecule has 1 aliphatic rings. The molecule has 0 bridgehead atoms. The molecule has 0 amide bonds. The zero-order chi connectivity index (χ0) is 13.0. The number of carbonyl (C=O) groups is 1. The summed E-state index contributed by atoms with van der Waals surface area (Å²) in [7, 11) is 1.55. The summed E-state index contributed by atoms with van der Waals surface area (Å²) in [5.41, 5.74) is 0.541. The van der Waals surface area contributed by atoms with Crippen molar-refractivity contribution in [1.29, 1.82) is 0 Å². The topological polar surface area (TPSA) is 35.5 Å². The fourth-order valence-electron chi connectivity index (χ4n) is 2.18. The first-order valence-corrected chi connectivity index (χ1v) is 6.57. The van der Waals surface area contributed by atoms with Gasteiger partial charge in [-0.2, -0.15) is 0 Å². The molecule has 1 atom stereocenters. The summed E-state index contributed by atoms with van der Waals surface area (Å²) < 4.78 is 10.8. The highest BCUT2D eigenvalue weighted by molar-refractivity contribution is 6.31. The van der Waals surface area contributed by atoms with Crippen molar-refractivity contribution in [3.63, 3.8) is 0 Å². The van der Waals surface area contributed by atoms with Gasteiger partial charge in [0.15, 0.2) is 5.78 Å². The molecule has 98 valence electrons. The average Bonchev–Trinajstić information content (AvgIpc) is 2.40. The molecule has 18 heavy (non-hydrogen) atoms. The summed E-state index contributed by atoms with van der Waals surface area (Å²) in [6.07, 6.45) is 3.61. The van der Waals surface area contributed by atoms with Crippen molar-refractivity contribution in [2.75, 3.05) is 13.7 Å². The van der Waals surface area contributed by atoms with E-state index in [1.807, 2.05) is 0 Å². The van der Waals surface area contributed by atoms with Crippen LogP contribution in [-0.4, -0.2) is 25.6 Å². The van der Waals surface area contributed by atoms with Crippen molar-refractivity contribution in [2.24, 2.45) is 0 Å². The molecule has 1 fully saturated rings. The maximum Gasteiger partial charge on any atom is 0.169 e. The van der Waals surface area contributed by atoms with E-state index in [1.165, 1.54) is 0 Å². The van der Waals surface area contributed by atoms with Gasteiger partial charge in [-0.1, -0.05) is 11.6 Å². The quantitative estimate of drug-likeness (QED) is 0.784. The third kappa shape index (κ3) is 3.24. The highest BCUT2D eigenvalue weighted by Gasteiger charge is 2.21. The standard InChI is InChI=1S/C14H17ClO3/c1-17-14-6-5-10(15)8-12(14)13(16)9-11-4-2-3-7-18-11/h5-6,8,11H,2-4,7,9H2,1H3. The van der Waals surface area contributed by atoms with E-state index in [0.717, 1.165) is 25.9 Å². The van der Waals surface area contributed by atoms with Gasteiger partial charge in [0.1, 0.15) is 5.75 Å². The van der Waals surface area contributed by atoms with Gasteiger partial charge in [-0.15, -0.1) is 0 Å². The molecule has 0 aliphatic carbocycles. The first-order chi connectivity index (χ1) is 8.70. The van der Waals surface area contributed by atoms with Gasteiger partial charge in [-0.3, -0.25) is 4.79 Å². The molecule has 1 saturated heterocycles. The largest absolute Gasteiger partial charge is 0.496 e. The van der Waals surface area contributed by atoms with Crippen molar-refractivity contribution < 1.29 is 14.3 Å². The molecule has 0 saturated carbocycles. The first-order valence-electron chi connectivity index (χ1n) is 6.19. The zero-order valence-electron chi connectivity index (χ0n) is 10.4. The maximum absolute atomic E-state index is 12.2. The second-order valence-electron chi connectivity index (χ2n) is 4.46. The van der Waals surface area contributed by atoms with Crippen LogP contribution in [0.3, 0.4) is 0 Å². The van der Waals surface area contributed by atoms with E-state index in [9.17, 15) is 4.79 Å². The monoisotopic (exact) mass is 268 g/mol. The van der Waals surface area contributed by atoms with Gasteiger partial charge in [0, 0.05) is 18.1 Å². The molecule has 1 aliphatic heterocycles. The Kier molecular flexibility index (Phi) is 4.61. The molecule has 0 aromatic heterocycles. The Morgan fingerprint density at radius 2 is 2.33 bits per heavy atom. The number of hydrogen-bond acceptors (Lipinski definition) is 3. The van der Waals surface area contributed by atoms with E-state index in [-0.39, 0.29) is 11.9 Å². The number of halogens is 1. The van der Waals surface area contributed by atoms with Gasteiger partial charge in [-0.05, 0) is 37.5 Å². The normalized spacial score (nSPS) is 19.6. The third-order valence-corrected chi connectivity index (χ3v) is 3.38. The molecule has 2 rings (SSSR count). The SMILES string of the molecule is COc1ccc(Cl)cc1C(=O)CC1CCCCO1. The van der Waals surface area contributed by atoms with Crippen LogP contribution in [-0.2, 0) is 4.74 Å². The second kappa shape index (κ2) is 6.21. The van der Waals surface area contributed by atoms with Gasteiger partial charge >= 0.3 is 0 Å². The summed E-state index contributed by atoms with van der Waals surface area (Å²) in [5, 5.41) is 0.545. The van der Waals surface area contributed by atoms with Crippen LogP contribution in [0.4, 0.5) is 0 Å². The molecule has 1 heterocycles. The summed E-state index contributed by atoms with van der Waals surface area (Å²) in [5.74, 6) is 0.599. The Morgan fingerprint density at radius 1 is 1.50 bits per heavy atom. The smallest absolute Gasteiger partial charge is 0.169 e. The average molecular weight is 269 g/mol. The van der Waals surface area contributed by atoms with Crippen LogP contribution in [0.5, 0.6) is 5.75 Å². The Bertz CT molecular complexity index is 425. The molecular formula is C14H17ClO3. The Balaban J connectivity index is 2.09. The zero-order valence-corrected chi connectivity index (χ0v) is 11.2. The highest BCUT2D eigenvalue weighted by atomic mass is 35.5. The minimum absolute atomic E-state index is 0.0289. The van der Waals surface area contributed by atoms with Gasteiger partial charge in [-0.25, -0.2) is 0 Å². The van der Waals surface area contributed by atoms with Crippen LogP contribution in [0.15, 0.2) is 18.2 Å². The number of benzene rings is 1. The fourth-order valence-corrected chi connectivity index (χ4v) is 2.36. The Hall–Kier alpha value is -1.06. The minimum atomic E-state index is 0.0289. The van der Waals surface area contributed by atoms with Crippen molar-refractivity contribution in [2.45, 2.75) is 31.8 Å². The van der Waals surface area contributed by atoms with Gasteiger partial charge in [0.25, 0.3) is 0 Å². The second-order valence-corrected chi connectivity index (χ2v) is 4.90. The van der Waals surface area contributed by atoms with E-state index in [0.29, 0.717) is 22.8 Å². The molecule has 4 heteroatoms. The van der Waals surface area contributed by atoms with Gasteiger partial charge in [0.2, 0.25) is 0 Å². The molecule has 0 radical (unpaired) electrons. The number of methoxy groups -OCH3 is 1. The summed E-state index contributed by atoms with van der Waals surface area (Å²) >= 11 is 5.92. The molecule has 0 N–H and O–H groups in total. The van der Waals surface area contributed by atoms with Gasteiger partial charge < -0.3 is 9.47 Å². The molecule has 1 aromatic rings. The van der Waals surface area contributed by atoms with E-state index < -0.39 is 0 Å². The molecule has 1 aromatic carbocycles. The Morgan fingerprint density at radius 3 is 3.00 bits per heavy atom. The lowest BCUT2D eigenvalue weighted by Crippen LogP contribution is -2.22. The number of ether oxygens (including phenoxy) is 2. The van der Waals surface area contributed by atoms with Crippen LogP contribution in [0.25, 0.3) is 0 Å². The lowest BCUT2D eigenvalue weighted by Gasteiger charge is -2.22. The van der Waals surface area contributed by atoms with Crippen LogP contribution >= 0.6 is 11.6 Å². The number of rotatable bonds is 4. The van der Waals surface area contributed by atoms with E-state index >= 15 is 0 Å². The number of Topliss-reactive ketones (excluding diaryl/α,β-unsaturated/α-hetero) is 1. The molecule has 0 spiro atoms. The van der Waals surface area contributed by atoms with Crippen molar-refractivity contribution in [3.8, 4) is 5.75 Å². The van der Waals surface area contributed by atoms with Gasteiger partial charge in [0.05, 0.1) is 18.8 Å². The van der Waals surface area contributed by atoms with Crippen LogP contribution in [0, 0.1) is 0 Å². The third-order valence-electron chi connectivity index (χ3n) is 3.15. The van der Waals surface area contributed by atoms with Crippen molar-refractivity contribution in [1.82, 2.24) is 0 Å². The Labute approximate surface area is 112 Å². The minimum Gasteiger partial charge on any atom is -0.496 e. The fraction of sp³-hybridized carbons (Fsp3) is 0.500. The van der Waals surface area contributed by atoms with Crippen LogP contribution < -0.4 is 4.74 Å². The van der Waals surface area contributed by atoms with Crippen molar-refractivity contribution >= 4 is 17.4 Å². The molecule has 3 nitrogen and oxygen atoms in total.